The van der Waals surface area contributed by atoms with E-state index >= 15 is 0 Å². The molecule has 0 fully saturated rings. The van der Waals surface area contributed by atoms with Crippen LogP contribution in [0.5, 0.6) is 0 Å². The van der Waals surface area contributed by atoms with Crippen LogP contribution in [0, 0.1) is 18.3 Å². The summed E-state index contributed by atoms with van der Waals surface area (Å²) in [7, 11) is 0. The molecule has 0 aliphatic carbocycles. The predicted molar refractivity (Wildman–Crippen MR) is 63.6 cm³/mol. The number of hydrogen-bond donors (Lipinski definition) is 0. The zero-order chi connectivity index (χ0) is 10.1. The van der Waals surface area contributed by atoms with E-state index < -0.39 is 0 Å². The van der Waals surface area contributed by atoms with Crippen molar-refractivity contribution in [3.05, 3.63) is 33.1 Å². The van der Waals surface area contributed by atoms with Crippen molar-refractivity contribution >= 4 is 37.4 Å². The van der Waals surface area contributed by atoms with E-state index in [1.807, 2.05) is 0 Å². The molecule has 0 saturated carbocycles. The smallest absolute Gasteiger partial charge is 0.0711 e. The molecule has 70 valence electrons. The maximum Gasteiger partial charge on any atom is 0.0711 e. The lowest BCUT2D eigenvalue weighted by atomic mass is 10.0. The van der Waals surface area contributed by atoms with Gasteiger partial charge in [0.2, 0.25) is 0 Å². The fourth-order valence-electron chi connectivity index (χ4n) is 1.56. The van der Waals surface area contributed by atoms with Crippen molar-refractivity contribution in [2.24, 2.45) is 0 Å². The van der Waals surface area contributed by atoms with Crippen LogP contribution in [0.3, 0.4) is 0 Å². The first-order chi connectivity index (χ1) is 6.72. The lowest BCUT2D eigenvalue weighted by Gasteiger charge is -2.02. The fourth-order valence-corrected chi connectivity index (χ4v) is 3.13. The van der Waals surface area contributed by atoms with Gasteiger partial charge in [-0.3, -0.25) is 0 Å². The molecule has 0 spiro atoms. The summed E-state index contributed by atoms with van der Waals surface area (Å²) in [5.74, 6) is 0. The maximum absolute atomic E-state index is 8.75. The highest BCUT2D eigenvalue weighted by Gasteiger charge is 2.07. The Kier molecular flexibility index (Phi) is 2.58. The maximum atomic E-state index is 8.75. The van der Waals surface area contributed by atoms with Crippen molar-refractivity contribution in [3.63, 3.8) is 0 Å². The molecule has 14 heavy (non-hydrogen) atoms. The first-order valence-electron chi connectivity index (χ1n) is 4.27. The lowest BCUT2D eigenvalue weighted by Crippen LogP contribution is -1.87. The molecule has 0 aliphatic rings. The van der Waals surface area contributed by atoms with Crippen molar-refractivity contribution in [1.29, 1.82) is 5.26 Å². The van der Waals surface area contributed by atoms with Gasteiger partial charge in [-0.2, -0.15) is 5.26 Å². The predicted octanol–water partition coefficient (Wildman–Crippen LogP) is 4.04. The molecule has 0 aliphatic heterocycles. The van der Waals surface area contributed by atoms with Crippen LogP contribution < -0.4 is 0 Å². The van der Waals surface area contributed by atoms with E-state index in [4.69, 9.17) is 5.26 Å². The van der Waals surface area contributed by atoms with E-state index in [0.717, 1.165) is 9.35 Å². The summed E-state index contributed by atoms with van der Waals surface area (Å²) in [4.78, 5) is 0. The Bertz CT molecular complexity index is 522. The number of halogens is 1. The van der Waals surface area contributed by atoms with E-state index in [1.165, 1.54) is 15.6 Å². The molecule has 0 saturated heterocycles. The third-order valence-corrected chi connectivity index (χ3v) is 3.88. The summed E-state index contributed by atoms with van der Waals surface area (Å²) < 4.78 is 2.37. The Balaban J connectivity index is 2.76. The van der Waals surface area contributed by atoms with Crippen molar-refractivity contribution in [3.8, 4) is 6.07 Å². The Morgan fingerprint density at radius 2 is 2.29 bits per heavy atom. The molecule has 0 unspecified atom stereocenters. The molecule has 1 aromatic heterocycles. The first kappa shape index (κ1) is 9.70. The SMILES string of the molecule is Cc1ccc2sc(Br)cc2c1CC#N. The second-order valence-electron chi connectivity index (χ2n) is 3.16. The largest absolute Gasteiger partial charge is 0.198 e. The highest BCUT2D eigenvalue weighted by atomic mass is 79.9. The highest BCUT2D eigenvalue weighted by molar-refractivity contribution is 9.11. The lowest BCUT2D eigenvalue weighted by molar-refractivity contribution is 1.24. The summed E-state index contributed by atoms with van der Waals surface area (Å²) >= 11 is 5.18. The number of rotatable bonds is 1. The van der Waals surface area contributed by atoms with Gasteiger partial charge in [-0.1, -0.05) is 6.07 Å². The Labute approximate surface area is 95.1 Å². The zero-order valence-corrected chi connectivity index (χ0v) is 10.1. The molecular formula is C11H8BrNS. The van der Waals surface area contributed by atoms with Gasteiger partial charge in [0.25, 0.3) is 0 Å². The average molecular weight is 266 g/mol. The molecule has 2 rings (SSSR count). The third kappa shape index (κ3) is 1.56. The monoisotopic (exact) mass is 265 g/mol. The van der Waals surface area contributed by atoms with Crippen molar-refractivity contribution < 1.29 is 0 Å². The van der Waals surface area contributed by atoms with Crippen LogP contribution >= 0.6 is 27.3 Å². The van der Waals surface area contributed by atoms with Gasteiger partial charge in [0.1, 0.15) is 0 Å². The normalized spacial score (nSPS) is 10.4. The van der Waals surface area contributed by atoms with Crippen LogP contribution in [-0.4, -0.2) is 0 Å². The van der Waals surface area contributed by atoms with Gasteiger partial charge in [-0.05, 0) is 51.5 Å². The third-order valence-electron chi connectivity index (χ3n) is 2.27. The van der Waals surface area contributed by atoms with E-state index in [-0.39, 0.29) is 0 Å². The summed E-state index contributed by atoms with van der Waals surface area (Å²) in [6.07, 6.45) is 0.492. The number of nitrogens with zero attached hydrogens (tertiary/aromatic N) is 1. The zero-order valence-electron chi connectivity index (χ0n) is 7.67. The highest BCUT2D eigenvalue weighted by Crippen LogP contribution is 2.33. The van der Waals surface area contributed by atoms with Crippen LogP contribution in [0.25, 0.3) is 10.1 Å². The van der Waals surface area contributed by atoms with Gasteiger partial charge in [0, 0.05) is 4.70 Å². The quantitative estimate of drug-likeness (QED) is 0.764. The average Bonchev–Trinajstić information content (AvgIpc) is 2.51. The van der Waals surface area contributed by atoms with Gasteiger partial charge in [-0.25, -0.2) is 0 Å². The van der Waals surface area contributed by atoms with E-state index in [9.17, 15) is 0 Å². The number of nitriles is 1. The molecule has 1 nitrogen and oxygen atoms in total. The number of thiophene rings is 1. The summed E-state index contributed by atoms with van der Waals surface area (Å²) in [5.41, 5.74) is 2.36. The Morgan fingerprint density at radius 1 is 1.50 bits per heavy atom. The van der Waals surface area contributed by atoms with Crippen LogP contribution in [0.15, 0.2) is 22.0 Å². The standard InChI is InChI=1S/C11H8BrNS/c1-7-2-3-10-9(6-11(12)14-10)8(7)4-5-13/h2-3,6H,4H2,1H3. The topological polar surface area (TPSA) is 23.8 Å². The molecule has 0 bridgehead atoms. The number of benzene rings is 1. The molecule has 0 atom stereocenters. The first-order valence-corrected chi connectivity index (χ1v) is 5.88. The minimum Gasteiger partial charge on any atom is -0.198 e. The summed E-state index contributed by atoms with van der Waals surface area (Å²) in [6, 6.07) is 8.51. The van der Waals surface area contributed by atoms with Gasteiger partial charge < -0.3 is 0 Å². The summed E-state index contributed by atoms with van der Waals surface area (Å²) in [6.45, 7) is 2.05. The molecule has 3 heteroatoms. The minimum absolute atomic E-state index is 0.492. The van der Waals surface area contributed by atoms with Crippen molar-refractivity contribution in [1.82, 2.24) is 0 Å². The van der Waals surface area contributed by atoms with Gasteiger partial charge in [0.05, 0.1) is 16.3 Å². The van der Waals surface area contributed by atoms with Gasteiger partial charge in [0.15, 0.2) is 0 Å². The second-order valence-corrected chi connectivity index (χ2v) is 5.62. The number of hydrogen-bond acceptors (Lipinski definition) is 2. The molecule has 0 radical (unpaired) electrons. The number of aryl methyl sites for hydroxylation is 1. The summed E-state index contributed by atoms with van der Waals surface area (Å²) in [5, 5.41) is 9.96. The van der Waals surface area contributed by atoms with Gasteiger partial charge in [-0.15, -0.1) is 11.3 Å². The fraction of sp³-hybridized carbons (Fsp3) is 0.182. The molecule has 1 heterocycles. The second kappa shape index (κ2) is 3.72. The van der Waals surface area contributed by atoms with E-state index in [1.54, 1.807) is 11.3 Å². The molecular weight excluding hydrogens is 258 g/mol. The molecule has 0 N–H and O–H groups in total. The van der Waals surface area contributed by atoms with Crippen LogP contribution in [0.2, 0.25) is 0 Å². The minimum atomic E-state index is 0.492. The number of fused-ring (bicyclic) bond motifs is 1. The van der Waals surface area contributed by atoms with Gasteiger partial charge >= 0.3 is 0 Å². The molecule has 1 aromatic carbocycles. The molecule has 2 aromatic rings. The van der Waals surface area contributed by atoms with Crippen LogP contribution in [0.1, 0.15) is 11.1 Å². The van der Waals surface area contributed by atoms with Crippen LogP contribution in [0.4, 0.5) is 0 Å². The van der Waals surface area contributed by atoms with Crippen LogP contribution in [-0.2, 0) is 6.42 Å². The van der Waals surface area contributed by atoms with Crippen molar-refractivity contribution in [2.45, 2.75) is 13.3 Å². The Hall–Kier alpha value is -0.850. The van der Waals surface area contributed by atoms with Crippen molar-refractivity contribution in [2.75, 3.05) is 0 Å². The Morgan fingerprint density at radius 3 is 3.00 bits per heavy atom. The molecule has 0 amide bonds. The van der Waals surface area contributed by atoms with E-state index in [2.05, 4.69) is 47.1 Å². The van der Waals surface area contributed by atoms with E-state index in [0.29, 0.717) is 6.42 Å².